The van der Waals surface area contributed by atoms with Crippen molar-refractivity contribution in [1.82, 2.24) is 5.32 Å². The van der Waals surface area contributed by atoms with Gasteiger partial charge in [0.05, 0.1) is 4.88 Å². The van der Waals surface area contributed by atoms with Crippen molar-refractivity contribution in [3.05, 3.63) is 21.9 Å². The molecule has 0 bridgehead atoms. The summed E-state index contributed by atoms with van der Waals surface area (Å²) in [5, 5.41) is 12.5. The van der Waals surface area contributed by atoms with Gasteiger partial charge in [0.2, 0.25) is 5.91 Å². The lowest BCUT2D eigenvalue weighted by Crippen LogP contribution is -2.41. The fourth-order valence-corrected chi connectivity index (χ4v) is 3.84. The number of hydrogen-bond acceptors (Lipinski definition) is 4. The number of hydrogen-bond donors (Lipinski definition) is 2. The second-order valence-electron chi connectivity index (χ2n) is 6.09. The van der Waals surface area contributed by atoms with Gasteiger partial charge in [-0.15, -0.1) is 11.3 Å². The second kappa shape index (κ2) is 8.44. The van der Waals surface area contributed by atoms with Crippen LogP contribution in [0.5, 0.6) is 0 Å². The van der Waals surface area contributed by atoms with Gasteiger partial charge in [0.25, 0.3) is 0 Å². The van der Waals surface area contributed by atoms with Crippen molar-refractivity contribution in [2.45, 2.75) is 57.9 Å². The van der Waals surface area contributed by atoms with Gasteiger partial charge in [-0.2, -0.15) is 0 Å². The van der Waals surface area contributed by atoms with Crippen LogP contribution in [0.25, 0.3) is 0 Å². The standard InChI is InChI=1S/C17H25NO3S/c1-12-7-9-16(22-12)15(20)8-10-17(21)18-14-6-4-2-3-5-13(14)11-19/h7,9,13-14,19H,2-6,8,10-11H2,1H3,(H,18,21). The number of aliphatic hydroxyl groups excluding tert-OH is 1. The van der Waals surface area contributed by atoms with Crippen LogP contribution in [0.1, 0.15) is 59.5 Å². The third kappa shape index (κ3) is 4.92. The Morgan fingerprint density at radius 3 is 2.68 bits per heavy atom. The Labute approximate surface area is 135 Å². The highest BCUT2D eigenvalue weighted by Crippen LogP contribution is 2.23. The maximum Gasteiger partial charge on any atom is 0.220 e. The molecule has 1 aliphatic rings. The Balaban J connectivity index is 1.80. The summed E-state index contributed by atoms with van der Waals surface area (Å²) in [6.45, 7) is 2.09. The van der Waals surface area contributed by atoms with Crippen molar-refractivity contribution in [2.24, 2.45) is 5.92 Å². The van der Waals surface area contributed by atoms with E-state index in [1.165, 1.54) is 17.8 Å². The quantitative estimate of drug-likeness (QED) is 0.624. The van der Waals surface area contributed by atoms with Crippen molar-refractivity contribution in [1.29, 1.82) is 0 Å². The fourth-order valence-electron chi connectivity index (χ4n) is 3.01. The first-order valence-corrected chi connectivity index (χ1v) is 8.91. The highest BCUT2D eigenvalue weighted by Gasteiger charge is 2.24. The zero-order valence-corrected chi connectivity index (χ0v) is 14.0. The van der Waals surface area contributed by atoms with Crippen LogP contribution in [0.15, 0.2) is 12.1 Å². The molecule has 0 spiro atoms. The lowest BCUT2D eigenvalue weighted by atomic mass is 9.95. The summed E-state index contributed by atoms with van der Waals surface area (Å²) in [7, 11) is 0. The van der Waals surface area contributed by atoms with E-state index in [0.29, 0.717) is 0 Å². The molecule has 1 aliphatic carbocycles. The largest absolute Gasteiger partial charge is 0.396 e. The Bertz CT molecular complexity index is 512. The van der Waals surface area contributed by atoms with E-state index in [-0.39, 0.29) is 43.1 Å². The van der Waals surface area contributed by atoms with Crippen LogP contribution >= 0.6 is 11.3 Å². The number of rotatable bonds is 6. The van der Waals surface area contributed by atoms with Crippen LogP contribution in [0.4, 0.5) is 0 Å². The molecule has 0 aromatic carbocycles. The van der Waals surface area contributed by atoms with Gasteiger partial charge in [-0.05, 0) is 31.9 Å². The van der Waals surface area contributed by atoms with Gasteiger partial charge in [0, 0.05) is 36.3 Å². The van der Waals surface area contributed by atoms with Crippen LogP contribution in [0, 0.1) is 12.8 Å². The van der Waals surface area contributed by atoms with Crippen molar-refractivity contribution >= 4 is 23.0 Å². The molecular formula is C17H25NO3S. The molecule has 122 valence electrons. The Morgan fingerprint density at radius 2 is 2.00 bits per heavy atom. The molecule has 1 fully saturated rings. The van der Waals surface area contributed by atoms with Crippen LogP contribution in [0.3, 0.4) is 0 Å². The van der Waals surface area contributed by atoms with E-state index in [9.17, 15) is 14.7 Å². The normalized spacial score (nSPS) is 22.1. The van der Waals surface area contributed by atoms with Gasteiger partial charge in [-0.1, -0.05) is 19.3 Å². The topological polar surface area (TPSA) is 66.4 Å². The van der Waals surface area contributed by atoms with Crippen LogP contribution in [0.2, 0.25) is 0 Å². The van der Waals surface area contributed by atoms with Crippen LogP contribution in [-0.2, 0) is 4.79 Å². The molecule has 4 nitrogen and oxygen atoms in total. The van der Waals surface area contributed by atoms with E-state index in [0.717, 1.165) is 35.4 Å². The van der Waals surface area contributed by atoms with Gasteiger partial charge in [-0.25, -0.2) is 0 Å². The molecule has 1 aromatic rings. The number of Topliss-reactive ketones (excluding diaryl/α,β-unsaturated/α-hetero) is 1. The summed E-state index contributed by atoms with van der Waals surface area (Å²) in [6.07, 6.45) is 5.75. The third-order valence-electron chi connectivity index (χ3n) is 4.33. The Morgan fingerprint density at radius 1 is 1.23 bits per heavy atom. The van der Waals surface area contributed by atoms with E-state index < -0.39 is 0 Å². The molecule has 0 radical (unpaired) electrons. The minimum Gasteiger partial charge on any atom is -0.396 e. The summed E-state index contributed by atoms with van der Waals surface area (Å²) < 4.78 is 0. The molecule has 2 rings (SSSR count). The molecule has 0 saturated heterocycles. The van der Waals surface area contributed by atoms with Crippen LogP contribution in [-0.4, -0.2) is 29.4 Å². The number of amides is 1. The predicted octanol–water partition coefficient (Wildman–Crippen LogP) is 3.08. The van der Waals surface area contributed by atoms with Gasteiger partial charge >= 0.3 is 0 Å². The number of carbonyl (C=O) groups excluding carboxylic acids is 2. The van der Waals surface area contributed by atoms with Crippen molar-refractivity contribution in [3.63, 3.8) is 0 Å². The first-order chi connectivity index (χ1) is 10.6. The highest BCUT2D eigenvalue weighted by atomic mass is 32.1. The fraction of sp³-hybridized carbons (Fsp3) is 0.647. The molecule has 22 heavy (non-hydrogen) atoms. The van der Waals surface area contributed by atoms with E-state index >= 15 is 0 Å². The number of ketones is 1. The van der Waals surface area contributed by atoms with Gasteiger partial charge < -0.3 is 10.4 Å². The van der Waals surface area contributed by atoms with Crippen molar-refractivity contribution in [2.75, 3.05) is 6.61 Å². The molecule has 5 heteroatoms. The number of thiophene rings is 1. The molecule has 2 atom stereocenters. The number of nitrogens with one attached hydrogen (secondary N) is 1. The lowest BCUT2D eigenvalue weighted by molar-refractivity contribution is -0.122. The summed E-state index contributed by atoms with van der Waals surface area (Å²) in [5.74, 6) is 0.113. The average molecular weight is 323 g/mol. The molecule has 2 unspecified atom stereocenters. The predicted molar refractivity (Wildman–Crippen MR) is 88.2 cm³/mol. The molecule has 0 aliphatic heterocycles. The van der Waals surface area contributed by atoms with E-state index in [1.54, 1.807) is 0 Å². The van der Waals surface area contributed by atoms with E-state index in [1.807, 2.05) is 19.1 Å². The number of aliphatic hydroxyl groups is 1. The molecule has 1 aromatic heterocycles. The van der Waals surface area contributed by atoms with Gasteiger partial charge in [-0.3, -0.25) is 9.59 Å². The van der Waals surface area contributed by atoms with Gasteiger partial charge in [0.1, 0.15) is 0 Å². The third-order valence-corrected chi connectivity index (χ3v) is 5.38. The number of aryl methyl sites for hydroxylation is 1. The maximum absolute atomic E-state index is 12.1. The summed E-state index contributed by atoms with van der Waals surface area (Å²) in [4.78, 5) is 25.9. The first kappa shape index (κ1) is 17.2. The Hall–Kier alpha value is -1.20. The minimum atomic E-state index is -0.0769. The van der Waals surface area contributed by atoms with Crippen molar-refractivity contribution in [3.8, 4) is 0 Å². The monoisotopic (exact) mass is 323 g/mol. The summed E-state index contributed by atoms with van der Waals surface area (Å²) in [5.41, 5.74) is 0. The molecular weight excluding hydrogens is 298 g/mol. The zero-order chi connectivity index (χ0) is 15.9. The number of carbonyl (C=O) groups is 2. The maximum atomic E-state index is 12.1. The summed E-state index contributed by atoms with van der Waals surface area (Å²) in [6, 6.07) is 3.81. The minimum absolute atomic E-state index is 0.0350. The SMILES string of the molecule is Cc1ccc(C(=O)CCC(=O)NC2CCCCCC2CO)s1. The molecule has 1 saturated carbocycles. The highest BCUT2D eigenvalue weighted by molar-refractivity contribution is 7.14. The molecule has 1 amide bonds. The molecule has 1 heterocycles. The Kier molecular flexibility index (Phi) is 6.58. The van der Waals surface area contributed by atoms with E-state index in [2.05, 4.69) is 5.32 Å². The van der Waals surface area contributed by atoms with Crippen LogP contribution < -0.4 is 5.32 Å². The second-order valence-corrected chi connectivity index (χ2v) is 7.38. The average Bonchev–Trinajstić information content (AvgIpc) is 2.81. The smallest absolute Gasteiger partial charge is 0.220 e. The molecule has 2 N–H and O–H groups in total. The first-order valence-electron chi connectivity index (χ1n) is 8.10. The van der Waals surface area contributed by atoms with E-state index in [4.69, 9.17) is 0 Å². The zero-order valence-electron chi connectivity index (χ0n) is 13.1. The van der Waals surface area contributed by atoms with Crippen molar-refractivity contribution < 1.29 is 14.7 Å². The lowest BCUT2D eigenvalue weighted by Gasteiger charge is -2.24. The van der Waals surface area contributed by atoms with Gasteiger partial charge in [0.15, 0.2) is 5.78 Å². The summed E-state index contributed by atoms with van der Waals surface area (Å²) >= 11 is 1.48.